The van der Waals surface area contributed by atoms with Crippen LogP contribution >= 0.6 is 12.4 Å². The van der Waals surface area contributed by atoms with Gasteiger partial charge in [0.05, 0.1) is 0 Å². The molecule has 0 aromatic heterocycles. The van der Waals surface area contributed by atoms with Crippen LogP contribution in [0.5, 0.6) is 0 Å². The summed E-state index contributed by atoms with van der Waals surface area (Å²) in [5.41, 5.74) is 7.61. The van der Waals surface area contributed by atoms with Gasteiger partial charge in [-0.05, 0) is 36.5 Å². The summed E-state index contributed by atoms with van der Waals surface area (Å²) in [6.45, 7) is 4.85. The van der Waals surface area contributed by atoms with E-state index in [9.17, 15) is 9.59 Å². The lowest BCUT2D eigenvalue weighted by Crippen LogP contribution is -2.38. The zero-order valence-electron chi connectivity index (χ0n) is 14.6. The molecule has 2 rings (SSSR count). The fourth-order valence-corrected chi connectivity index (χ4v) is 2.56. The van der Waals surface area contributed by atoms with E-state index < -0.39 is 0 Å². The molecule has 1 saturated carbocycles. The topological polar surface area (TPSA) is 75.4 Å². The van der Waals surface area contributed by atoms with E-state index in [1.165, 1.54) is 12.8 Å². The first-order valence-corrected chi connectivity index (χ1v) is 8.26. The molecule has 5 nitrogen and oxygen atoms in total. The van der Waals surface area contributed by atoms with Gasteiger partial charge in [0.2, 0.25) is 5.91 Å². The van der Waals surface area contributed by atoms with Crippen molar-refractivity contribution in [1.82, 2.24) is 10.2 Å². The standard InChI is InChI=1S/C18H27N3O2.ClH/c1-12(2)18(23)21(3)11-13-4-6-15(7-5-13)17(22)20-10-16(19)14-8-9-14;/h4-7,12,14,16H,8-11,19H2,1-3H3,(H,20,22);1H. The van der Waals surface area contributed by atoms with Crippen LogP contribution < -0.4 is 11.1 Å². The Morgan fingerprint density at radius 2 is 1.83 bits per heavy atom. The number of amides is 2. The SMILES string of the molecule is CC(C)C(=O)N(C)Cc1ccc(C(=O)NCC(N)C2CC2)cc1.Cl. The highest BCUT2D eigenvalue weighted by Crippen LogP contribution is 2.31. The predicted molar refractivity (Wildman–Crippen MR) is 98.0 cm³/mol. The van der Waals surface area contributed by atoms with Crippen molar-refractivity contribution in [3.63, 3.8) is 0 Å². The molecule has 0 heterocycles. The second-order valence-corrected chi connectivity index (χ2v) is 6.76. The molecule has 1 atom stereocenters. The fraction of sp³-hybridized carbons (Fsp3) is 0.556. The van der Waals surface area contributed by atoms with Gasteiger partial charge in [0.25, 0.3) is 5.91 Å². The lowest BCUT2D eigenvalue weighted by atomic mass is 10.1. The van der Waals surface area contributed by atoms with Crippen LogP contribution in [0.2, 0.25) is 0 Å². The number of nitrogens with one attached hydrogen (secondary N) is 1. The Hall–Kier alpha value is -1.59. The molecule has 6 heteroatoms. The highest BCUT2D eigenvalue weighted by atomic mass is 35.5. The van der Waals surface area contributed by atoms with Crippen molar-refractivity contribution in [3.05, 3.63) is 35.4 Å². The zero-order chi connectivity index (χ0) is 17.0. The second-order valence-electron chi connectivity index (χ2n) is 6.76. The maximum atomic E-state index is 12.1. The Morgan fingerprint density at radius 3 is 2.33 bits per heavy atom. The van der Waals surface area contributed by atoms with E-state index in [1.54, 1.807) is 24.1 Å². The van der Waals surface area contributed by atoms with Gasteiger partial charge in [-0.1, -0.05) is 26.0 Å². The van der Waals surface area contributed by atoms with E-state index in [0.717, 1.165) is 5.56 Å². The van der Waals surface area contributed by atoms with Crippen molar-refractivity contribution >= 4 is 24.2 Å². The Kier molecular flexibility index (Phi) is 7.70. The first kappa shape index (κ1) is 20.5. The Morgan fingerprint density at radius 1 is 1.25 bits per heavy atom. The number of hydrogen-bond acceptors (Lipinski definition) is 3. The smallest absolute Gasteiger partial charge is 0.251 e. The van der Waals surface area contributed by atoms with Crippen molar-refractivity contribution in [3.8, 4) is 0 Å². The number of carbonyl (C=O) groups is 2. The van der Waals surface area contributed by atoms with Gasteiger partial charge in [0.1, 0.15) is 0 Å². The first-order valence-electron chi connectivity index (χ1n) is 8.26. The molecule has 1 aromatic rings. The molecule has 24 heavy (non-hydrogen) atoms. The number of rotatable bonds is 7. The normalized spacial score (nSPS) is 14.7. The second kappa shape index (κ2) is 9.04. The molecule has 1 aliphatic rings. The largest absolute Gasteiger partial charge is 0.350 e. The van der Waals surface area contributed by atoms with E-state index in [4.69, 9.17) is 5.73 Å². The van der Waals surface area contributed by atoms with E-state index in [-0.39, 0.29) is 36.2 Å². The van der Waals surface area contributed by atoms with Gasteiger partial charge in [-0.3, -0.25) is 9.59 Å². The van der Waals surface area contributed by atoms with Crippen molar-refractivity contribution in [2.75, 3.05) is 13.6 Å². The van der Waals surface area contributed by atoms with Gasteiger partial charge in [-0.25, -0.2) is 0 Å². The first-order chi connectivity index (χ1) is 10.9. The van der Waals surface area contributed by atoms with Gasteiger partial charge in [-0.2, -0.15) is 0 Å². The molecule has 1 aliphatic carbocycles. The number of nitrogens with two attached hydrogens (primary N) is 1. The highest BCUT2D eigenvalue weighted by Gasteiger charge is 2.28. The summed E-state index contributed by atoms with van der Waals surface area (Å²) in [7, 11) is 1.79. The van der Waals surface area contributed by atoms with Gasteiger partial charge in [0, 0.05) is 37.7 Å². The van der Waals surface area contributed by atoms with Crippen LogP contribution in [0.15, 0.2) is 24.3 Å². The molecule has 134 valence electrons. The summed E-state index contributed by atoms with van der Waals surface area (Å²) in [6, 6.07) is 7.43. The van der Waals surface area contributed by atoms with Crippen LogP contribution in [0.3, 0.4) is 0 Å². The van der Waals surface area contributed by atoms with E-state index in [2.05, 4.69) is 5.32 Å². The van der Waals surface area contributed by atoms with E-state index in [1.807, 2.05) is 26.0 Å². The maximum Gasteiger partial charge on any atom is 0.251 e. The Bertz CT molecular complexity index is 556. The summed E-state index contributed by atoms with van der Waals surface area (Å²) >= 11 is 0. The Labute approximate surface area is 150 Å². The minimum absolute atomic E-state index is 0. The summed E-state index contributed by atoms with van der Waals surface area (Å²) in [4.78, 5) is 25.7. The third-order valence-electron chi connectivity index (χ3n) is 4.23. The van der Waals surface area contributed by atoms with Gasteiger partial charge in [-0.15, -0.1) is 12.4 Å². The molecule has 0 aliphatic heterocycles. The minimum Gasteiger partial charge on any atom is -0.350 e. The van der Waals surface area contributed by atoms with Crippen LogP contribution in [0.4, 0.5) is 0 Å². The van der Waals surface area contributed by atoms with Crippen molar-refractivity contribution in [2.24, 2.45) is 17.6 Å². The number of benzene rings is 1. The van der Waals surface area contributed by atoms with Crippen LogP contribution in [0, 0.1) is 11.8 Å². The Balaban J connectivity index is 0.00000288. The average Bonchev–Trinajstić information content (AvgIpc) is 3.36. The third-order valence-corrected chi connectivity index (χ3v) is 4.23. The molecule has 2 amide bonds. The molecule has 1 fully saturated rings. The van der Waals surface area contributed by atoms with E-state index >= 15 is 0 Å². The van der Waals surface area contributed by atoms with Gasteiger partial charge in [0.15, 0.2) is 0 Å². The molecule has 3 N–H and O–H groups in total. The van der Waals surface area contributed by atoms with Gasteiger partial charge >= 0.3 is 0 Å². The zero-order valence-corrected chi connectivity index (χ0v) is 15.4. The van der Waals surface area contributed by atoms with Crippen LogP contribution in [0.25, 0.3) is 0 Å². The molecule has 0 bridgehead atoms. The number of halogens is 1. The van der Waals surface area contributed by atoms with Crippen LogP contribution in [-0.4, -0.2) is 36.3 Å². The summed E-state index contributed by atoms with van der Waals surface area (Å²) in [5, 5.41) is 2.88. The lowest BCUT2D eigenvalue weighted by molar-refractivity contribution is -0.133. The third kappa shape index (κ3) is 5.80. The summed E-state index contributed by atoms with van der Waals surface area (Å²) in [6.07, 6.45) is 2.35. The average molecular weight is 354 g/mol. The number of carbonyl (C=O) groups excluding carboxylic acids is 2. The highest BCUT2D eigenvalue weighted by molar-refractivity contribution is 5.94. The maximum absolute atomic E-state index is 12.1. The van der Waals surface area contributed by atoms with Crippen molar-refractivity contribution in [2.45, 2.75) is 39.3 Å². The van der Waals surface area contributed by atoms with Gasteiger partial charge < -0.3 is 16.0 Å². The molecule has 1 unspecified atom stereocenters. The molecule has 0 radical (unpaired) electrons. The molecular formula is C18H28ClN3O2. The van der Waals surface area contributed by atoms with E-state index in [0.29, 0.717) is 24.6 Å². The van der Waals surface area contributed by atoms with Crippen molar-refractivity contribution < 1.29 is 9.59 Å². The summed E-state index contributed by atoms with van der Waals surface area (Å²) < 4.78 is 0. The predicted octanol–water partition coefficient (Wildman–Crippen LogP) is 2.19. The molecule has 0 saturated heterocycles. The monoisotopic (exact) mass is 353 g/mol. The molecule has 1 aromatic carbocycles. The minimum atomic E-state index is -0.0979. The molecule has 0 spiro atoms. The summed E-state index contributed by atoms with van der Waals surface area (Å²) in [5.74, 6) is 0.576. The molecular weight excluding hydrogens is 326 g/mol. The van der Waals surface area contributed by atoms with Crippen LogP contribution in [-0.2, 0) is 11.3 Å². The number of hydrogen-bond donors (Lipinski definition) is 2. The fourth-order valence-electron chi connectivity index (χ4n) is 2.56. The van der Waals surface area contributed by atoms with Crippen LogP contribution in [0.1, 0.15) is 42.6 Å². The van der Waals surface area contributed by atoms with Crippen molar-refractivity contribution in [1.29, 1.82) is 0 Å². The number of nitrogens with zero attached hydrogens (tertiary/aromatic N) is 1. The lowest BCUT2D eigenvalue weighted by Gasteiger charge is -2.19. The quantitative estimate of drug-likeness (QED) is 0.789.